The van der Waals surface area contributed by atoms with Gasteiger partial charge in [0, 0.05) is 62.3 Å². The van der Waals surface area contributed by atoms with Gasteiger partial charge < -0.3 is 45.6 Å². The van der Waals surface area contributed by atoms with Crippen LogP contribution in [0.5, 0.6) is 5.75 Å². The number of ether oxygens (including phenoxy) is 2. The van der Waals surface area contributed by atoms with Crippen LogP contribution in [-0.2, 0) is 30.5 Å². The topological polar surface area (TPSA) is 200 Å². The van der Waals surface area contributed by atoms with Gasteiger partial charge in [-0.3, -0.25) is 19.2 Å². The number of aliphatic hydroxyl groups excluding tert-OH is 1. The van der Waals surface area contributed by atoms with E-state index in [-0.39, 0.29) is 61.9 Å². The Kier molecular flexibility index (Phi) is 18.6. The zero-order chi connectivity index (χ0) is 49.7. The second kappa shape index (κ2) is 24.5. The summed E-state index contributed by atoms with van der Waals surface area (Å²) in [6.07, 6.45) is 5.91. The lowest BCUT2D eigenvalue weighted by atomic mass is 9.85. The van der Waals surface area contributed by atoms with Gasteiger partial charge in [-0.05, 0) is 74.7 Å². The number of aliphatic hydroxyl groups is 1. The van der Waals surface area contributed by atoms with E-state index in [2.05, 4.69) is 36.2 Å². The number of aromatic nitrogens is 3. The Morgan fingerprint density at radius 1 is 1.01 bits per heavy atom. The Morgan fingerprint density at radius 3 is 2.51 bits per heavy atom. The molecule has 3 atom stereocenters. The van der Waals surface area contributed by atoms with E-state index >= 15 is 0 Å². The molecule has 69 heavy (non-hydrogen) atoms. The van der Waals surface area contributed by atoms with E-state index in [1.165, 1.54) is 35.5 Å². The molecule has 0 radical (unpaired) electrons. The van der Waals surface area contributed by atoms with Gasteiger partial charge in [0.05, 0.1) is 45.0 Å². The van der Waals surface area contributed by atoms with Crippen molar-refractivity contribution in [2.45, 2.75) is 84.5 Å². The van der Waals surface area contributed by atoms with Crippen molar-refractivity contribution in [3.8, 4) is 16.2 Å². The minimum atomic E-state index is -0.917. The quantitative estimate of drug-likeness (QED) is 0.0340. The van der Waals surface area contributed by atoms with E-state index < -0.39 is 35.3 Å². The number of unbranched alkanes of at least 4 members (excludes halogenated alkanes) is 2. The van der Waals surface area contributed by atoms with Crippen molar-refractivity contribution in [2.24, 2.45) is 5.41 Å². The molecule has 0 spiro atoms. The van der Waals surface area contributed by atoms with Crippen molar-refractivity contribution >= 4 is 74.7 Å². The van der Waals surface area contributed by atoms with E-state index in [1.54, 1.807) is 29.5 Å². The van der Waals surface area contributed by atoms with Crippen molar-refractivity contribution in [1.82, 2.24) is 35.4 Å². The SMILES string of the molecule is Cc1ncsc1-c1ccc(CNC(=O)[C@@H]2C[C@@H](O)CN2C(=O)C(NC(=O)CCCCCOCCOc2cc3ncnc(Nc4ccc(F)c(Cl)c4)c3cc2NC(=O)/C=C/CN(C)C)C(C)(C)C)cc1. The molecular weight excluding hydrogens is 925 g/mol. The number of halogens is 2. The molecule has 1 saturated heterocycles. The van der Waals surface area contributed by atoms with Crippen LogP contribution in [0.2, 0.25) is 5.02 Å². The monoisotopic (exact) mass is 985 g/mol. The van der Waals surface area contributed by atoms with Gasteiger partial charge >= 0.3 is 0 Å². The fourth-order valence-electron chi connectivity index (χ4n) is 7.65. The Bertz CT molecular complexity index is 2610. The van der Waals surface area contributed by atoms with Gasteiger partial charge in [-0.1, -0.05) is 69.1 Å². The highest BCUT2D eigenvalue weighted by Crippen LogP contribution is 2.34. The summed E-state index contributed by atoms with van der Waals surface area (Å²) in [5.74, 6) is -1.19. The maximum Gasteiger partial charge on any atom is 0.248 e. The lowest BCUT2D eigenvalue weighted by molar-refractivity contribution is -0.144. The number of carbonyl (C=O) groups excluding carboxylic acids is 4. The number of amides is 4. The smallest absolute Gasteiger partial charge is 0.248 e. The summed E-state index contributed by atoms with van der Waals surface area (Å²) in [7, 11) is 3.79. The zero-order valence-electron chi connectivity index (χ0n) is 39.8. The molecule has 1 fully saturated rings. The second-order valence-corrected chi connectivity index (χ2v) is 19.5. The first-order valence-electron chi connectivity index (χ1n) is 22.9. The van der Waals surface area contributed by atoms with Crippen LogP contribution in [0.3, 0.4) is 0 Å². The van der Waals surface area contributed by atoms with Gasteiger partial charge in [0.2, 0.25) is 23.6 Å². The van der Waals surface area contributed by atoms with Gasteiger partial charge in [-0.2, -0.15) is 0 Å². The molecule has 3 heterocycles. The highest BCUT2D eigenvalue weighted by atomic mass is 35.5. The Hall–Kier alpha value is -6.05. The van der Waals surface area contributed by atoms with Crippen molar-refractivity contribution < 1.29 is 38.1 Å². The Balaban J connectivity index is 0.955. The molecule has 5 N–H and O–H groups in total. The first kappa shape index (κ1) is 52.3. The van der Waals surface area contributed by atoms with Crippen molar-refractivity contribution in [2.75, 3.05) is 57.6 Å². The number of anilines is 3. The van der Waals surface area contributed by atoms with Gasteiger partial charge in [0.25, 0.3) is 0 Å². The highest BCUT2D eigenvalue weighted by Gasteiger charge is 2.44. The number of hydrogen-bond acceptors (Lipinski definition) is 13. The third-order valence-electron chi connectivity index (χ3n) is 11.3. The molecule has 1 aliphatic heterocycles. The molecule has 0 bridgehead atoms. The summed E-state index contributed by atoms with van der Waals surface area (Å²) in [6.45, 7) is 9.18. The molecule has 368 valence electrons. The number of nitrogens with zero attached hydrogens (tertiary/aromatic N) is 5. The molecular formula is C50H61ClFN9O7S. The largest absolute Gasteiger partial charge is 0.489 e. The number of benzene rings is 3. The highest BCUT2D eigenvalue weighted by molar-refractivity contribution is 7.13. The number of likely N-dealkylation sites (N-methyl/N-ethyl adjacent to an activating group) is 1. The van der Waals surface area contributed by atoms with Crippen LogP contribution in [0.25, 0.3) is 21.3 Å². The van der Waals surface area contributed by atoms with Gasteiger partial charge in [0.1, 0.15) is 42.4 Å². The predicted octanol–water partition coefficient (Wildman–Crippen LogP) is 7.42. The summed E-state index contributed by atoms with van der Waals surface area (Å²) < 4.78 is 25.8. The number of aryl methyl sites for hydroxylation is 1. The first-order valence-corrected chi connectivity index (χ1v) is 24.1. The molecule has 0 aliphatic carbocycles. The number of likely N-dealkylation sites (tertiary alicyclic amines) is 1. The molecule has 4 amide bonds. The van der Waals surface area contributed by atoms with Gasteiger partial charge in [-0.25, -0.2) is 19.3 Å². The van der Waals surface area contributed by atoms with E-state index in [0.29, 0.717) is 66.3 Å². The average Bonchev–Trinajstić information content (AvgIpc) is 3.92. The van der Waals surface area contributed by atoms with Crippen LogP contribution in [0.15, 0.2) is 78.6 Å². The van der Waals surface area contributed by atoms with Crippen molar-refractivity contribution in [3.05, 3.63) is 101 Å². The van der Waals surface area contributed by atoms with Crippen LogP contribution in [0.1, 0.15) is 64.1 Å². The predicted molar refractivity (Wildman–Crippen MR) is 267 cm³/mol. The van der Waals surface area contributed by atoms with Crippen LogP contribution < -0.4 is 26.0 Å². The van der Waals surface area contributed by atoms with Crippen molar-refractivity contribution in [1.29, 1.82) is 0 Å². The van der Waals surface area contributed by atoms with Gasteiger partial charge in [0.15, 0.2) is 0 Å². The van der Waals surface area contributed by atoms with Crippen LogP contribution >= 0.6 is 22.9 Å². The third-order valence-corrected chi connectivity index (χ3v) is 12.6. The molecule has 16 nitrogen and oxygen atoms in total. The number of thiazole rings is 1. The van der Waals surface area contributed by atoms with Crippen LogP contribution in [0, 0.1) is 18.2 Å². The standard InChI is InChI=1S/C50H61ClFN9O7S/c1-31-45(69-30-56-31)33-15-13-32(14-16-33)27-53-48(65)41-24-35(62)28-61(41)49(66)46(50(2,3)4)59-44(64)11-8-7-9-20-67-21-22-68-42-26-39-36(25-40(42)58-43(63)12-10-19-60(5)6)47(55-29-54-39)57-34-17-18-38(52)37(51)23-34/h10,12-18,23,25-26,29-30,35,41,46,62H,7-9,11,19-22,24,27-28H2,1-6H3,(H,53,65)(H,58,63)(H,59,64)(H,54,55,57)/b12-10+/t35-,41+,46?/m1/s1. The van der Waals surface area contributed by atoms with Crippen LogP contribution in [0.4, 0.5) is 21.6 Å². The molecule has 19 heteroatoms. The maximum absolute atomic E-state index is 14.1. The Morgan fingerprint density at radius 2 is 1.80 bits per heavy atom. The Labute approximate surface area is 411 Å². The minimum absolute atomic E-state index is 0.00787. The first-order chi connectivity index (χ1) is 33.0. The zero-order valence-corrected chi connectivity index (χ0v) is 41.4. The molecule has 0 saturated carbocycles. The summed E-state index contributed by atoms with van der Waals surface area (Å²) >= 11 is 7.57. The average molecular weight is 987 g/mol. The third kappa shape index (κ3) is 15.0. The molecule has 6 rings (SSSR count). The lowest BCUT2D eigenvalue weighted by Gasteiger charge is -2.35. The van der Waals surface area contributed by atoms with Crippen LogP contribution in [-0.4, -0.2) is 119 Å². The minimum Gasteiger partial charge on any atom is -0.489 e. The van der Waals surface area contributed by atoms with Crippen molar-refractivity contribution in [3.63, 3.8) is 0 Å². The lowest BCUT2D eigenvalue weighted by Crippen LogP contribution is -2.57. The summed E-state index contributed by atoms with van der Waals surface area (Å²) in [5.41, 5.74) is 5.45. The number of nitrogens with one attached hydrogen (secondary N) is 4. The maximum atomic E-state index is 14.1. The summed E-state index contributed by atoms with van der Waals surface area (Å²) in [6, 6.07) is 13.7. The summed E-state index contributed by atoms with van der Waals surface area (Å²) in [5, 5.41) is 23.0. The second-order valence-electron chi connectivity index (χ2n) is 18.2. The van der Waals surface area contributed by atoms with Gasteiger partial charge in [-0.15, -0.1) is 11.3 Å². The summed E-state index contributed by atoms with van der Waals surface area (Å²) in [4.78, 5) is 71.2. The fourth-order valence-corrected chi connectivity index (χ4v) is 8.64. The number of fused-ring (bicyclic) bond motifs is 1. The molecule has 5 aromatic rings. The van der Waals surface area contributed by atoms with E-state index in [4.69, 9.17) is 21.1 Å². The van der Waals surface area contributed by atoms with E-state index in [1.807, 2.05) is 76.5 Å². The molecule has 1 aliphatic rings. The molecule has 3 aromatic carbocycles. The molecule has 2 aromatic heterocycles. The number of carbonyl (C=O) groups is 4. The number of β-amino-alcohol motifs (C(OH)–C–C–N with tert-alkyl or cyclic N) is 1. The number of hydrogen-bond donors (Lipinski definition) is 5. The molecule has 1 unspecified atom stereocenters. The van der Waals surface area contributed by atoms with E-state index in [0.717, 1.165) is 21.7 Å². The van der Waals surface area contributed by atoms with E-state index in [9.17, 15) is 28.7 Å². The normalized spacial score (nSPS) is 15.4. The fraction of sp³-hybridized carbons (Fsp3) is 0.420. The number of rotatable bonds is 22.